The minimum atomic E-state index is -0.901. The van der Waals surface area contributed by atoms with Crippen molar-refractivity contribution in [2.24, 2.45) is 0 Å². The molecule has 1 aromatic heterocycles. The van der Waals surface area contributed by atoms with Crippen LogP contribution in [0.15, 0.2) is 30.3 Å². The number of hydrogen-bond donors (Lipinski definition) is 2. The van der Waals surface area contributed by atoms with Crippen LogP contribution in [0.5, 0.6) is 5.75 Å². The van der Waals surface area contributed by atoms with E-state index in [4.69, 9.17) is 9.84 Å². The molecule has 6 nitrogen and oxygen atoms in total. The number of aliphatic hydroxyl groups excluding tert-OH is 2. The summed E-state index contributed by atoms with van der Waals surface area (Å²) in [4.78, 5) is 2.38. The van der Waals surface area contributed by atoms with Gasteiger partial charge in [-0.1, -0.05) is 18.2 Å². The van der Waals surface area contributed by atoms with E-state index in [0.717, 1.165) is 50.5 Å². The van der Waals surface area contributed by atoms with Gasteiger partial charge in [0.15, 0.2) is 0 Å². The SMILES string of the molecule is OC[C@H](O)c1cc2n(n1)CCN(Cc1ccccc1OC1CCCC1)C2. The molecule has 2 heterocycles. The second-order valence-corrected chi connectivity index (χ2v) is 7.32. The van der Waals surface area contributed by atoms with E-state index in [9.17, 15) is 5.11 Å². The number of nitrogens with zero attached hydrogens (tertiary/aromatic N) is 3. The number of ether oxygens (including phenoxy) is 1. The van der Waals surface area contributed by atoms with Gasteiger partial charge in [0.25, 0.3) is 0 Å². The van der Waals surface area contributed by atoms with Gasteiger partial charge in [0.1, 0.15) is 11.9 Å². The maximum Gasteiger partial charge on any atom is 0.124 e. The summed E-state index contributed by atoms with van der Waals surface area (Å²) in [7, 11) is 0. The Morgan fingerprint density at radius 3 is 2.81 bits per heavy atom. The minimum Gasteiger partial charge on any atom is -0.490 e. The third-order valence-electron chi connectivity index (χ3n) is 5.37. The van der Waals surface area contributed by atoms with Crippen molar-refractivity contribution >= 4 is 0 Å². The van der Waals surface area contributed by atoms with E-state index in [1.807, 2.05) is 16.8 Å². The van der Waals surface area contributed by atoms with Gasteiger partial charge in [-0.25, -0.2) is 0 Å². The first-order valence-corrected chi connectivity index (χ1v) is 9.55. The zero-order valence-electron chi connectivity index (χ0n) is 15.0. The van der Waals surface area contributed by atoms with Gasteiger partial charge < -0.3 is 14.9 Å². The molecule has 1 aliphatic carbocycles. The molecule has 4 rings (SSSR count). The summed E-state index contributed by atoms with van der Waals surface area (Å²) in [5.74, 6) is 1.01. The Balaban J connectivity index is 1.44. The van der Waals surface area contributed by atoms with E-state index < -0.39 is 6.10 Å². The Morgan fingerprint density at radius 2 is 2.00 bits per heavy atom. The molecular weight excluding hydrogens is 330 g/mol. The van der Waals surface area contributed by atoms with E-state index in [1.165, 1.54) is 18.4 Å². The maximum atomic E-state index is 9.80. The Morgan fingerprint density at radius 1 is 1.19 bits per heavy atom. The highest BCUT2D eigenvalue weighted by atomic mass is 16.5. The first-order chi connectivity index (χ1) is 12.7. The smallest absolute Gasteiger partial charge is 0.124 e. The predicted molar refractivity (Wildman–Crippen MR) is 97.7 cm³/mol. The lowest BCUT2D eigenvalue weighted by Crippen LogP contribution is -2.33. The third kappa shape index (κ3) is 3.77. The quantitative estimate of drug-likeness (QED) is 0.830. The molecule has 6 heteroatoms. The highest BCUT2D eigenvalue weighted by Gasteiger charge is 2.23. The first-order valence-electron chi connectivity index (χ1n) is 9.55. The molecule has 0 saturated heterocycles. The van der Waals surface area contributed by atoms with Crippen LogP contribution in [0, 0.1) is 0 Å². The van der Waals surface area contributed by atoms with Crippen LogP contribution in [-0.4, -0.2) is 44.1 Å². The van der Waals surface area contributed by atoms with Gasteiger partial charge in [-0.15, -0.1) is 0 Å². The van der Waals surface area contributed by atoms with Crippen LogP contribution in [0.2, 0.25) is 0 Å². The number of rotatable bonds is 6. The summed E-state index contributed by atoms with van der Waals surface area (Å²) < 4.78 is 8.20. The molecule has 0 bridgehead atoms. The summed E-state index contributed by atoms with van der Waals surface area (Å²) in [6.45, 7) is 3.02. The van der Waals surface area contributed by atoms with Crippen molar-refractivity contribution in [2.45, 2.75) is 57.5 Å². The summed E-state index contributed by atoms with van der Waals surface area (Å²) in [5.41, 5.74) is 2.85. The van der Waals surface area contributed by atoms with Crippen molar-refractivity contribution < 1.29 is 14.9 Å². The van der Waals surface area contributed by atoms with Gasteiger partial charge in [-0.3, -0.25) is 9.58 Å². The molecule has 26 heavy (non-hydrogen) atoms. The zero-order valence-corrected chi connectivity index (χ0v) is 15.0. The van der Waals surface area contributed by atoms with E-state index in [-0.39, 0.29) is 6.61 Å². The Kier molecular flexibility index (Phi) is 5.24. The number of hydrogen-bond acceptors (Lipinski definition) is 5. The van der Waals surface area contributed by atoms with Crippen LogP contribution in [-0.2, 0) is 19.6 Å². The minimum absolute atomic E-state index is 0.300. The molecule has 1 aromatic carbocycles. The molecule has 1 atom stereocenters. The van der Waals surface area contributed by atoms with Crippen molar-refractivity contribution in [3.8, 4) is 5.75 Å². The van der Waals surface area contributed by atoms with Crippen LogP contribution in [0.1, 0.15) is 48.7 Å². The summed E-state index contributed by atoms with van der Waals surface area (Å²) in [5, 5.41) is 23.3. The lowest BCUT2D eigenvalue weighted by atomic mass is 10.1. The number of aromatic nitrogens is 2. The molecule has 0 spiro atoms. The fourth-order valence-electron chi connectivity index (χ4n) is 3.91. The van der Waals surface area contributed by atoms with Crippen LogP contribution >= 0.6 is 0 Å². The molecule has 0 amide bonds. The first kappa shape index (κ1) is 17.5. The molecule has 0 radical (unpaired) electrons. The fraction of sp³-hybridized carbons (Fsp3) is 0.550. The highest BCUT2D eigenvalue weighted by molar-refractivity contribution is 5.33. The molecule has 140 valence electrons. The summed E-state index contributed by atoms with van der Waals surface area (Å²) in [6, 6.07) is 10.2. The molecule has 1 saturated carbocycles. The molecule has 1 fully saturated rings. The molecular formula is C20H27N3O3. The largest absolute Gasteiger partial charge is 0.490 e. The van der Waals surface area contributed by atoms with Gasteiger partial charge >= 0.3 is 0 Å². The van der Waals surface area contributed by atoms with Crippen LogP contribution in [0.25, 0.3) is 0 Å². The maximum absolute atomic E-state index is 9.80. The number of para-hydroxylation sites is 1. The molecule has 1 aliphatic heterocycles. The Bertz CT molecular complexity index is 740. The molecule has 0 unspecified atom stereocenters. The standard InChI is InChI=1S/C20H27N3O3/c24-14-19(25)18-11-16-13-22(9-10-23(16)21-18)12-15-5-1-4-8-20(15)26-17-6-2-3-7-17/h1,4-5,8,11,17,19,24-25H,2-3,6-7,9-10,12-14H2/t19-/m0/s1. The summed E-state index contributed by atoms with van der Waals surface area (Å²) in [6.07, 6.45) is 4.32. The van der Waals surface area contributed by atoms with Crippen molar-refractivity contribution in [2.75, 3.05) is 13.2 Å². The normalized spacial score (nSPS) is 19.5. The van der Waals surface area contributed by atoms with Crippen molar-refractivity contribution in [1.82, 2.24) is 14.7 Å². The van der Waals surface area contributed by atoms with Gasteiger partial charge in [0, 0.05) is 25.2 Å². The van der Waals surface area contributed by atoms with Gasteiger partial charge in [-0.05, 0) is 37.8 Å². The van der Waals surface area contributed by atoms with E-state index in [1.54, 1.807) is 0 Å². The summed E-state index contributed by atoms with van der Waals surface area (Å²) >= 11 is 0. The monoisotopic (exact) mass is 357 g/mol. The number of fused-ring (bicyclic) bond motifs is 1. The highest BCUT2D eigenvalue weighted by Crippen LogP contribution is 2.28. The van der Waals surface area contributed by atoms with Crippen molar-refractivity contribution in [1.29, 1.82) is 0 Å². The zero-order chi connectivity index (χ0) is 17.9. The van der Waals surface area contributed by atoms with E-state index >= 15 is 0 Å². The third-order valence-corrected chi connectivity index (χ3v) is 5.37. The molecule has 2 N–H and O–H groups in total. The molecule has 2 aliphatic rings. The average molecular weight is 357 g/mol. The van der Waals surface area contributed by atoms with Crippen LogP contribution in [0.3, 0.4) is 0 Å². The van der Waals surface area contributed by atoms with Gasteiger partial charge in [0.05, 0.1) is 30.6 Å². The number of benzene rings is 1. The fourth-order valence-corrected chi connectivity index (χ4v) is 3.91. The van der Waals surface area contributed by atoms with Crippen molar-refractivity contribution in [3.63, 3.8) is 0 Å². The van der Waals surface area contributed by atoms with E-state index in [2.05, 4.69) is 28.2 Å². The van der Waals surface area contributed by atoms with Crippen molar-refractivity contribution in [3.05, 3.63) is 47.3 Å². The molecule has 2 aromatic rings. The second-order valence-electron chi connectivity index (χ2n) is 7.32. The Labute approximate surface area is 154 Å². The number of aliphatic hydroxyl groups is 2. The Hall–Kier alpha value is -1.89. The lowest BCUT2D eigenvalue weighted by Gasteiger charge is -2.28. The second kappa shape index (κ2) is 7.78. The topological polar surface area (TPSA) is 70.8 Å². The average Bonchev–Trinajstić information content (AvgIpc) is 3.32. The van der Waals surface area contributed by atoms with Gasteiger partial charge in [0.2, 0.25) is 0 Å². The van der Waals surface area contributed by atoms with Crippen LogP contribution < -0.4 is 4.74 Å². The predicted octanol–water partition coefficient (Wildman–Crippen LogP) is 2.25. The van der Waals surface area contributed by atoms with Crippen LogP contribution in [0.4, 0.5) is 0 Å². The van der Waals surface area contributed by atoms with Gasteiger partial charge in [-0.2, -0.15) is 5.10 Å². The lowest BCUT2D eigenvalue weighted by molar-refractivity contribution is 0.0915. The van der Waals surface area contributed by atoms with E-state index in [0.29, 0.717) is 11.8 Å².